The number of halogens is 1. The largest absolute Gasteiger partial charge is 0.380 e. The van der Waals surface area contributed by atoms with Crippen LogP contribution < -0.4 is 5.73 Å². The lowest BCUT2D eigenvalue weighted by atomic mass is 10.2. The van der Waals surface area contributed by atoms with Crippen molar-refractivity contribution in [1.29, 1.82) is 0 Å². The summed E-state index contributed by atoms with van der Waals surface area (Å²) in [5.41, 5.74) is 6.43. The van der Waals surface area contributed by atoms with Gasteiger partial charge in [-0.2, -0.15) is 5.10 Å². The van der Waals surface area contributed by atoms with Gasteiger partial charge >= 0.3 is 0 Å². The highest BCUT2D eigenvalue weighted by molar-refractivity contribution is 7.10. The molecule has 3 nitrogen and oxygen atoms in total. The van der Waals surface area contributed by atoms with Crippen molar-refractivity contribution in [3.63, 3.8) is 0 Å². The van der Waals surface area contributed by atoms with E-state index in [0.717, 1.165) is 10.4 Å². The Morgan fingerprint density at radius 2 is 2.38 bits per heavy atom. The van der Waals surface area contributed by atoms with Gasteiger partial charge in [0.15, 0.2) is 11.6 Å². The standard InChI is InChI=1S/C8H8FN3S/c1-4-2-5(3-13-4)7-6(9)8(10)12-11-7/h2-3H,1H3,(H3,10,11,12). The molecule has 0 amide bonds. The van der Waals surface area contributed by atoms with Crippen LogP contribution in [0.4, 0.5) is 10.2 Å². The molecule has 0 aliphatic rings. The average molecular weight is 197 g/mol. The summed E-state index contributed by atoms with van der Waals surface area (Å²) in [5, 5.41) is 8.01. The predicted molar refractivity (Wildman–Crippen MR) is 51.0 cm³/mol. The van der Waals surface area contributed by atoms with E-state index in [4.69, 9.17) is 5.73 Å². The third kappa shape index (κ3) is 1.31. The molecule has 0 spiro atoms. The number of nitrogen functional groups attached to an aromatic ring is 1. The molecule has 0 saturated heterocycles. The number of rotatable bonds is 1. The van der Waals surface area contributed by atoms with Crippen LogP contribution in [0.25, 0.3) is 11.3 Å². The van der Waals surface area contributed by atoms with Crippen LogP contribution in [-0.2, 0) is 0 Å². The number of aromatic nitrogens is 2. The van der Waals surface area contributed by atoms with Crippen molar-refractivity contribution in [2.24, 2.45) is 0 Å². The first-order valence-corrected chi connectivity index (χ1v) is 4.61. The zero-order chi connectivity index (χ0) is 9.42. The molecule has 0 aromatic carbocycles. The number of anilines is 1. The number of hydrogen-bond acceptors (Lipinski definition) is 3. The van der Waals surface area contributed by atoms with Gasteiger partial charge < -0.3 is 5.73 Å². The summed E-state index contributed by atoms with van der Waals surface area (Å²) < 4.78 is 13.2. The number of hydrogen-bond donors (Lipinski definition) is 2. The molecule has 68 valence electrons. The Labute approximate surface area is 78.4 Å². The molecule has 0 aliphatic heterocycles. The van der Waals surface area contributed by atoms with Crippen molar-refractivity contribution in [3.05, 3.63) is 22.1 Å². The van der Waals surface area contributed by atoms with Gasteiger partial charge in [0.2, 0.25) is 0 Å². The summed E-state index contributed by atoms with van der Waals surface area (Å²) in [7, 11) is 0. The van der Waals surface area contributed by atoms with Crippen LogP contribution in [-0.4, -0.2) is 10.2 Å². The van der Waals surface area contributed by atoms with Gasteiger partial charge in [-0.25, -0.2) is 4.39 Å². The maximum atomic E-state index is 13.2. The lowest BCUT2D eigenvalue weighted by Crippen LogP contribution is -1.86. The third-order valence-corrected chi connectivity index (χ3v) is 2.61. The van der Waals surface area contributed by atoms with Crippen molar-refractivity contribution >= 4 is 17.2 Å². The summed E-state index contributed by atoms with van der Waals surface area (Å²) in [4.78, 5) is 1.13. The smallest absolute Gasteiger partial charge is 0.192 e. The van der Waals surface area contributed by atoms with E-state index in [1.54, 1.807) is 11.3 Å². The molecule has 0 aliphatic carbocycles. The summed E-state index contributed by atoms with van der Waals surface area (Å²) >= 11 is 1.56. The number of nitrogens with zero attached hydrogens (tertiary/aromatic N) is 1. The van der Waals surface area contributed by atoms with Gasteiger partial charge in [-0.15, -0.1) is 11.3 Å². The zero-order valence-corrected chi connectivity index (χ0v) is 7.78. The molecule has 2 heterocycles. The maximum absolute atomic E-state index is 13.2. The van der Waals surface area contributed by atoms with Crippen molar-refractivity contribution in [2.45, 2.75) is 6.92 Å². The van der Waals surface area contributed by atoms with Crippen LogP contribution in [0.5, 0.6) is 0 Å². The molecule has 2 aromatic heterocycles. The Morgan fingerprint density at radius 1 is 1.62 bits per heavy atom. The van der Waals surface area contributed by atoms with Gasteiger partial charge in [0.25, 0.3) is 0 Å². The van der Waals surface area contributed by atoms with Crippen LogP contribution in [0.1, 0.15) is 4.88 Å². The van der Waals surface area contributed by atoms with Gasteiger partial charge in [-0.1, -0.05) is 0 Å². The van der Waals surface area contributed by atoms with E-state index in [9.17, 15) is 4.39 Å². The fraction of sp³-hybridized carbons (Fsp3) is 0.125. The van der Waals surface area contributed by atoms with Crippen LogP contribution in [0.15, 0.2) is 11.4 Å². The molecule has 2 rings (SSSR count). The molecular weight excluding hydrogens is 189 g/mol. The Balaban J connectivity index is 2.52. The summed E-state index contributed by atoms with van der Waals surface area (Å²) in [6, 6.07) is 1.89. The summed E-state index contributed by atoms with van der Waals surface area (Å²) in [6.07, 6.45) is 0. The van der Waals surface area contributed by atoms with Crippen LogP contribution in [0.2, 0.25) is 0 Å². The molecular formula is C8H8FN3S. The SMILES string of the molecule is Cc1cc(-c2[nH]nc(N)c2F)cs1. The van der Waals surface area contributed by atoms with Crippen molar-refractivity contribution in [2.75, 3.05) is 5.73 Å². The Kier molecular flexibility index (Phi) is 1.81. The highest BCUT2D eigenvalue weighted by atomic mass is 32.1. The lowest BCUT2D eigenvalue weighted by Gasteiger charge is -1.89. The van der Waals surface area contributed by atoms with Gasteiger partial charge in [0.1, 0.15) is 5.69 Å². The second-order valence-electron chi connectivity index (χ2n) is 2.74. The first kappa shape index (κ1) is 8.25. The molecule has 2 aromatic rings. The summed E-state index contributed by atoms with van der Waals surface area (Å²) in [5.74, 6) is -0.559. The van der Waals surface area contributed by atoms with E-state index >= 15 is 0 Å². The lowest BCUT2D eigenvalue weighted by molar-refractivity contribution is 0.636. The van der Waals surface area contributed by atoms with E-state index in [1.807, 2.05) is 18.4 Å². The third-order valence-electron chi connectivity index (χ3n) is 1.75. The molecule has 13 heavy (non-hydrogen) atoms. The van der Waals surface area contributed by atoms with Crippen molar-refractivity contribution < 1.29 is 4.39 Å². The Bertz CT molecular complexity index is 432. The zero-order valence-electron chi connectivity index (χ0n) is 6.97. The number of thiophene rings is 1. The topological polar surface area (TPSA) is 54.7 Å². The second kappa shape index (κ2) is 2.85. The van der Waals surface area contributed by atoms with Crippen molar-refractivity contribution in [1.82, 2.24) is 10.2 Å². The fourth-order valence-electron chi connectivity index (χ4n) is 1.11. The normalized spacial score (nSPS) is 10.6. The van der Waals surface area contributed by atoms with E-state index in [1.165, 1.54) is 0 Å². The highest BCUT2D eigenvalue weighted by Gasteiger charge is 2.12. The molecule has 0 unspecified atom stereocenters. The van der Waals surface area contributed by atoms with Crippen LogP contribution >= 0.6 is 11.3 Å². The number of H-pyrrole nitrogens is 1. The average Bonchev–Trinajstić information content (AvgIpc) is 2.62. The van der Waals surface area contributed by atoms with Gasteiger partial charge in [0, 0.05) is 15.8 Å². The van der Waals surface area contributed by atoms with E-state index in [0.29, 0.717) is 5.69 Å². The van der Waals surface area contributed by atoms with Gasteiger partial charge in [0.05, 0.1) is 0 Å². The summed E-state index contributed by atoms with van der Waals surface area (Å²) in [6.45, 7) is 1.96. The van der Waals surface area contributed by atoms with Crippen LogP contribution in [0, 0.1) is 12.7 Å². The number of nitrogens with one attached hydrogen (secondary N) is 1. The van der Waals surface area contributed by atoms with E-state index in [2.05, 4.69) is 10.2 Å². The minimum Gasteiger partial charge on any atom is -0.380 e. The number of aryl methyl sites for hydroxylation is 1. The maximum Gasteiger partial charge on any atom is 0.192 e. The highest BCUT2D eigenvalue weighted by Crippen LogP contribution is 2.27. The predicted octanol–water partition coefficient (Wildman–Crippen LogP) is 2.17. The molecule has 0 fully saturated rings. The van der Waals surface area contributed by atoms with Gasteiger partial charge in [-0.3, -0.25) is 5.10 Å². The van der Waals surface area contributed by atoms with Gasteiger partial charge in [-0.05, 0) is 13.0 Å². The fourth-order valence-corrected chi connectivity index (χ4v) is 1.80. The molecule has 0 atom stereocenters. The molecule has 5 heteroatoms. The minimum absolute atomic E-state index is 0.0844. The Morgan fingerprint density at radius 3 is 2.85 bits per heavy atom. The molecule has 0 saturated carbocycles. The monoisotopic (exact) mass is 197 g/mol. The van der Waals surface area contributed by atoms with E-state index < -0.39 is 5.82 Å². The molecule has 3 N–H and O–H groups in total. The minimum atomic E-state index is -0.474. The second-order valence-corrected chi connectivity index (χ2v) is 3.86. The number of nitrogens with two attached hydrogens (primary N) is 1. The Hall–Kier alpha value is -1.36. The van der Waals surface area contributed by atoms with Crippen molar-refractivity contribution in [3.8, 4) is 11.3 Å². The quantitative estimate of drug-likeness (QED) is 0.736. The van der Waals surface area contributed by atoms with Crippen LogP contribution in [0.3, 0.4) is 0 Å². The number of aromatic amines is 1. The van der Waals surface area contributed by atoms with E-state index in [-0.39, 0.29) is 5.82 Å². The first-order chi connectivity index (χ1) is 6.18. The first-order valence-electron chi connectivity index (χ1n) is 3.73. The molecule has 0 bridgehead atoms. The molecule has 0 radical (unpaired) electrons.